The number of hydrogen-bond donors (Lipinski definition) is 0. The first-order valence-corrected chi connectivity index (χ1v) is 3.63. The van der Waals surface area contributed by atoms with Crippen molar-refractivity contribution < 1.29 is 4.74 Å². The predicted molar refractivity (Wildman–Crippen MR) is 38.2 cm³/mol. The molecule has 1 atom stereocenters. The molecule has 1 unspecified atom stereocenters. The second-order valence-electron chi connectivity index (χ2n) is 2.71. The second-order valence-corrected chi connectivity index (χ2v) is 2.71. The molecule has 1 fully saturated rings. The van der Waals surface area contributed by atoms with E-state index < -0.39 is 0 Å². The first-order chi connectivity index (χ1) is 4.29. The topological polar surface area (TPSA) is 9.23 Å². The SMILES string of the molecule is C=C1CCCCC(C)O1. The highest BCUT2D eigenvalue weighted by Gasteiger charge is 2.08. The van der Waals surface area contributed by atoms with Crippen molar-refractivity contribution in [2.24, 2.45) is 0 Å². The minimum absolute atomic E-state index is 0.403. The van der Waals surface area contributed by atoms with Crippen molar-refractivity contribution >= 4 is 0 Å². The zero-order chi connectivity index (χ0) is 6.69. The molecule has 0 N–H and O–H groups in total. The molecule has 1 aliphatic rings. The molecule has 0 radical (unpaired) electrons. The lowest BCUT2D eigenvalue weighted by molar-refractivity contribution is 0.131. The van der Waals surface area contributed by atoms with Gasteiger partial charge in [0.2, 0.25) is 0 Å². The maximum absolute atomic E-state index is 5.42. The Hall–Kier alpha value is -0.460. The Balaban J connectivity index is 2.37. The Bertz CT molecular complexity index is 107. The van der Waals surface area contributed by atoms with Crippen LogP contribution in [0.15, 0.2) is 12.3 Å². The highest BCUT2D eigenvalue weighted by atomic mass is 16.5. The van der Waals surface area contributed by atoms with Gasteiger partial charge in [0.25, 0.3) is 0 Å². The number of ether oxygens (including phenoxy) is 1. The van der Waals surface area contributed by atoms with Crippen LogP contribution in [0.3, 0.4) is 0 Å². The Labute approximate surface area is 56.7 Å². The van der Waals surface area contributed by atoms with E-state index in [1.165, 1.54) is 19.3 Å². The predicted octanol–water partition coefficient (Wildman–Crippen LogP) is 2.48. The van der Waals surface area contributed by atoms with Gasteiger partial charge in [-0.25, -0.2) is 0 Å². The largest absolute Gasteiger partial charge is 0.496 e. The summed E-state index contributed by atoms with van der Waals surface area (Å²) in [6, 6.07) is 0. The van der Waals surface area contributed by atoms with E-state index in [0.717, 1.165) is 12.2 Å². The molecule has 0 saturated carbocycles. The van der Waals surface area contributed by atoms with Crippen LogP contribution in [0.5, 0.6) is 0 Å². The summed E-state index contributed by atoms with van der Waals surface area (Å²) in [5.41, 5.74) is 0. The lowest BCUT2D eigenvalue weighted by Crippen LogP contribution is -2.03. The third-order valence-corrected chi connectivity index (χ3v) is 1.68. The molecule has 0 bridgehead atoms. The van der Waals surface area contributed by atoms with E-state index in [0.29, 0.717) is 6.10 Å². The Kier molecular flexibility index (Phi) is 2.15. The molecule has 0 aromatic rings. The van der Waals surface area contributed by atoms with Crippen molar-refractivity contribution in [1.82, 2.24) is 0 Å². The van der Waals surface area contributed by atoms with Gasteiger partial charge in [-0.05, 0) is 26.2 Å². The van der Waals surface area contributed by atoms with Gasteiger partial charge >= 0.3 is 0 Å². The highest BCUT2D eigenvalue weighted by Crippen LogP contribution is 2.18. The Morgan fingerprint density at radius 2 is 2.33 bits per heavy atom. The molecule has 0 aromatic heterocycles. The minimum atomic E-state index is 0.403. The van der Waals surface area contributed by atoms with Crippen molar-refractivity contribution in [1.29, 1.82) is 0 Å². The highest BCUT2D eigenvalue weighted by molar-refractivity contribution is 4.85. The van der Waals surface area contributed by atoms with Crippen LogP contribution < -0.4 is 0 Å². The van der Waals surface area contributed by atoms with Gasteiger partial charge in [-0.1, -0.05) is 6.58 Å². The maximum atomic E-state index is 5.42. The molecule has 1 saturated heterocycles. The van der Waals surface area contributed by atoms with Crippen LogP contribution in [0.4, 0.5) is 0 Å². The van der Waals surface area contributed by atoms with Gasteiger partial charge in [-0.15, -0.1) is 0 Å². The van der Waals surface area contributed by atoms with Crippen molar-refractivity contribution in [2.45, 2.75) is 38.7 Å². The Morgan fingerprint density at radius 1 is 1.56 bits per heavy atom. The van der Waals surface area contributed by atoms with Gasteiger partial charge in [0.1, 0.15) is 0 Å². The summed E-state index contributed by atoms with van der Waals surface area (Å²) in [5, 5.41) is 0. The van der Waals surface area contributed by atoms with Crippen molar-refractivity contribution in [3.8, 4) is 0 Å². The summed E-state index contributed by atoms with van der Waals surface area (Å²) in [6.07, 6.45) is 5.20. The molecule has 0 amide bonds. The lowest BCUT2D eigenvalue weighted by atomic mass is 10.1. The van der Waals surface area contributed by atoms with Crippen molar-refractivity contribution in [3.63, 3.8) is 0 Å². The summed E-state index contributed by atoms with van der Waals surface area (Å²) in [6.45, 7) is 5.91. The first-order valence-electron chi connectivity index (χ1n) is 3.63. The molecule has 1 heterocycles. The quantitative estimate of drug-likeness (QED) is 0.484. The molecular weight excluding hydrogens is 112 g/mol. The molecule has 1 rings (SSSR count). The summed E-state index contributed by atoms with van der Waals surface area (Å²) in [4.78, 5) is 0. The molecule has 9 heavy (non-hydrogen) atoms. The van der Waals surface area contributed by atoms with Crippen LogP contribution in [0.25, 0.3) is 0 Å². The van der Waals surface area contributed by atoms with E-state index in [1.807, 2.05) is 0 Å². The molecule has 1 heteroatoms. The number of rotatable bonds is 0. The normalized spacial score (nSPS) is 29.0. The molecule has 1 nitrogen and oxygen atoms in total. The zero-order valence-electron chi connectivity index (χ0n) is 6.02. The zero-order valence-corrected chi connectivity index (χ0v) is 6.02. The van der Waals surface area contributed by atoms with E-state index in [2.05, 4.69) is 13.5 Å². The minimum Gasteiger partial charge on any atom is -0.496 e. The maximum Gasteiger partial charge on any atom is 0.0954 e. The average molecular weight is 126 g/mol. The van der Waals surface area contributed by atoms with Gasteiger partial charge in [-0.2, -0.15) is 0 Å². The van der Waals surface area contributed by atoms with Crippen LogP contribution >= 0.6 is 0 Å². The fourth-order valence-corrected chi connectivity index (χ4v) is 1.16. The Morgan fingerprint density at radius 3 is 3.11 bits per heavy atom. The first kappa shape index (κ1) is 6.66. The summed E-state index contributed by atoms with van der Waals surface area (Å²) < 4.78 is 5.42. The van der Waals surface area contributed by atoms with Crippen LogP contribution in [0.1, 0.15) is 32.6 Å². The molecule has 0 aromatic carbocycles. The lowest BCUT2D eigenvalue weighted by Gasteiger charge is -2.10. The standard InChI is InChI=1S/C8H14O/c1-7-5-3-4-6-8(2)9-7/h8H,1,3-6H2,2H3. The van der Waals surface area contributed by atoms with Gasteiger partial charge in [0.15, 0.2) is 0 Å². The van der Waals surface area contributed by atoms with Crippen LogP contribution in [-0.4, -0.2) is 6.10 Å². The summed E-state index contributed by atoms with van der Waals surface area (Å²) >= 11 is 0. The van der Waals surface area contributed by atoms with Crippen LogP contribution in [0.2, 0.25) is 0 Å². The fraction of sp³-hybridized carbons (Fsp3) is 0.750. The molecule has 52 valence electrons. The van der Waals surface area contributed by atoms with E-state index in [1.54, 1.807) is 0 Å². The molecule has 0 aliphatic carbocycles. The van der Waals surface area contributed by atoms with Crippen molar-refractivity contribution in [2.75, 3.05) is 0 Å². The monoisotopic (exact) mass is 126 g/mol. The van der Waals surface area contributed by atoms with Crippen LogP contribution in [0, 0.1) is 0 Å². The average Bonchev–Trinajstić information content (AvgIpc) is 1.93. The number of allylic oxidation sites excluding steroid dienone is 1. The molecule has 0 spiro atoms. The smallest absolute Gasteiger partial charge is 0.0954 e. The summed E-state index contributed by atoms with van der Waals surface area (Å²) in [5.74, 6) is 0.972. The van der Waals surface area contributed by atoms with Gasteiger partial charge in [-0.3, -0.25) is 0 Å². The van der Waals surface area contributed by atoms with E-state index in [4.69, 9.17) is 4.74 Å². The van der Waals surface area contributed by atoms with E-state index >= 15 is 0 Å². The van der Waals surface area contributed by atoms with Crippen LogP contribution in [-0.2, 0) is 4.74 Å². The molecule has 1 aliphatic heterocycles. The number of hydrogen-bond acceptors (Lipinski definition) is 1. The third kappa shape index (κ3) is 2.08. The van der Waals surface area contributed by atoms with E-state index in [9.17, 15) is 0 Å². The summed E-state index contributed by atoms with van der Waals surface area (Å²) in [7, 11) is 0. The fourth-order valence-electron chi connectivity index (χ4n) is 1.16. The van der Waals surface area contributed by atoms with Gasteiger partial charge < -0.3 is 4.74 Å². The second kappa shape index (κ2) is 2.90. The van der Waals surface area contributed by atoms with Crippen molar-refractivity contribution in [3.05, 3.63) is 12.3 Å². The van der Waals surface area contributed by atoms with E-state index in [-0.39, 0.29) is 0 Å². The molecular formula is C8H14O. The van der Waals surface area contributed by atoms with Gasteiger partial charge in [0, 0.05) is 6.42 Å². The third-order valence-electron chi connectivity index (χ3n) is 1.68. The van der Waals surface area contributed by atoms with Gasteiger partial charge in [0.05, 0.1) is 11.9 Å².